The monoisotopic (exact) mass is 739 g/mol. The summed E-state index contributed by atoms with van der Waals surface area (Å²) in [7, 11) is 0. The lowest BCUT2D eigenvalue weighted by atomic mass is 9.83. The van der Waals surface area contributed by atoms with Gasteiger partial charge in [-0.25, -0.2) is 19.7 Å². The van der Waals surface area contributed by atoms with Crippen LogP contribution in [0.5, 0.6) is 5.75 Å². The number of alkyl halides is 9. The van der Waals surface area contributed by atoms with Crippen LogP contribution in [0.3, 0.4) is 0 Å². The number of pyridine rings is 1. The summed E-state index contributed by atoms with van der Waals surface area (Å²) in [4.78, 5) is 37.3. The maximum absolute atomic E-state index is 13.9. The van der Waals surface area contributed by atoms with Gasteiger partial charge in [0.15, 0.2) is 5.75 Å². The number of benzene rings is 1. The SMILES string of the molecule is CC[C@]1(N)C[C@H](c2ncc(OCCO)c(Cc3cc(C(F)(F)F)cc(C(F)(F)F)c3)n2)c2nc(C(F)(F)F)ccc2N1C(=O)OCCCC(=O)O. The number of hydrogen-bond donors (Lipinski definition) is 3. The van der Waals surface area contributed by atoms with Crippen molar-refractivity contribution in [2.45, 2.75) is 69.1 Å². The van der Waals surface area contributed by atoms with Crippen molar-refractivity contribution in [1.82, 2.24) is 15.0 Å². The second-order valence-corrected chi connectivity index (χ2v) is 11.5. The molecule has 2 atom stereocenters. The van der Waals surface area contributed by atoms with Crippen molar-refractivity contribution in [2.75, 3.05) is 24.7 Å². The van der Waals surface area contributed by atoms with Crippen molar-refractivity contribution in [3.63, 3.8) is 0 Å². The number of aliphatic carboxylic acids is 1. The number of fused-ring (bicyclic) bond motifs is 1. The van der Waals surface area contributed by atoms with E-state index in [-0.39, 0.29) is 61.5 Å². The number of carbonyl (C=O) groups is 2. The number of nitrogens with zero attached hydrogens (tertiary/aromatic N) is 4. The highest BCUT2D eigenvalue weighted by Crippen LogP contribution is 2.46. The Morgan fingerprint density at radius 2 is 1.63 bits per heavy atom. The van der Waals surface area contributed by atoms with Crippen LogP contribution in [-0.4, -0.2) is 62.7 Å². The van der Waals surface area contributed by atoms with Crippen molar-refractivity contribution in [2.24, 2.45) is 5.73 Å². The lowest BCUT2D eigenvalue weighted by Gasteiger charge is -2.46. The minimum atomic E-state index is -5.16. The number of anilines is 1. The van der Waals surface area contributed by atoms with Crippen LogP contribution in [0.25, 0.3) is 0 Å². The molecule has 11 nitrogen and oxygen atoms in total. The first-order valence-corrected chi connectivity index (χ1v) is 15.1. The van der Waals surface area contributed by atoms with Gasteiger partial charge in [0.2, 0.25) is 0 Å². The van der Waals surface area contributed by atoms with E-state index in [0.29, 0.717) is 18.2 Å². The zero-order valence-electron chi connectivity index (χ0n) is 26.5. The summed E-state index contributed by atoms with van der Waals surface area (Å²) < 4.78 is 134. The van der Waals surface area contributed by atoms with E-state index in [2.05, 4.69) is 15.0 Å². The van der Waals surface area contributed by atoms with Crippen LogP contribution in [0.2, 0.25) is 0 Å². The van der Waals surface area contributed by atoms with Crippen molar-refractivity contribution >= 4 is 17.7 Å². The molecule has 2 aromatic heterocycles. The molecule has 0 saturated heterocycles. The molecule has 3 aromatic rings. The third kappa shape index (κ3) is 9.15. The Balaban J connectivity index is 1.86. The topological polar surface area (TPSA) is 161 Å². The van der Waals surface area contributed by atoms with Crippen LogP contribution in [0.15, 0.2) is 36.5 Å². The summed E-state index contributed by atoms with van der Waals surface area (Å²) in [5.74, 6) is -3.06. The number of halogens is 9. The number of amides is 1. The molecule has 278 valence electrons. The van der Waals surface area contributed by atoms with Gasteiger partial charge in [0.05, 0.1) is 53.5 Å². The van der Waals surface area contributed by atoms with E-state index in [0.717, 1.165) is 17.2 Å². The summed E-state index contributed by atoms with van der Waals surface area (Å²) in [5, 5.41) is 18.1. The molecule has 0 saturated carbocycles. The number of aliphatic hydroxyl groups excluding tert-OH is 1. The normalized spacial score (nSPS) is 18.0. The Bertz CT molecular complexity index is 1720. The second kappa shape index (κ2) is 14.9. The number of aliphatic hydroxyl groups is 1. The fourth-order valence-electron chi connectivity index (χ4n) is 5.40. The number of carboxylic acids is 1. The molecule has 0 fully saturated rings. The number of aromatic nitrogens is 3. The number of carbonyl (C=O) groups excluding carboxylic acids is 1. The summed E-state index contributed by atoms with van der Waals surface area (Å²) in [6.07, 6.45) is -17.0. The van der Waals surface area contributed by atoms with E-state index >= 15 is 0 Å². The minimum Gasteiger partial charge on any atom is -0.488 e. The van der Waals surface area contributed by atoms with Gasteiger partial charge in [-0.3, -0.25) is 9.69 Å². The predicted octanol–water partition coefficient (Wildman–Crippen LogP) is 6.30. The summed E-state index contributed by atoms with van der Waals surface area (Å²) in [6.45, 7) is 0.230. The minimum absolute atomic E-state index is 0.0385. The fraction of sp³-hybridized carbons (Fsp3) is 0.452. The Labute approximate surface area is 283 Å². The maximum Gasteiger partial charge on any atom is 0.433 e. The van der Waals surface area contributed by atoms with Crippen LogP contribution in [0, 0.1) is 0 Å². The lowest BCUT2D eigenvalue weighted by Crippen LogP contribution is -2.62. The average molecular weight is 740 g/mol. The molecule has 3 heterocycles. The number of ether oxygens (including phenoxy) is 2. The molecule has 4 rings (SSSR count). The number of carboxylic acid groups (broad SMARTS) is 1. The van der Waals surface area contributed by atoms with Crippen LogP contribution in [0.4, 0.5) is 50.0 Å². The number of rotatable bonds is 11. The van der Waals surface area contributed by atoms with Gasteiger partial charge in [-0.1, -0.05) is 6.92 Å². The van der Waals surface area contributed by atoms with E-state index < -0.39 is 89.7 Å². The molecular weight excluding hydrogens is 709 g/mol. The van der Waals surface area contributed by atoms with Crippen LogP contribution in [-0.2, 0) is 34.5 Å². The standard InChI is InChI=1S/C31H30F9N5O6/c1-2-28(41)14-19(25-21(5-6-23(44-25)31(38,39)40)45(28)27(49)51-8-3-4-24(47)48)26-42-15-22(50-9-7-46)20(43-26)12-16-10-17(29(32,33)34)13-18(11-16)30(35,36)37/h5-6,10-11,13,15,19,46H,2-4,7-9,12,14,41H2,1H3,(H,47,48)/t19-,28+/m0/s1. The zero-order chi connectivity index (χ0) is 37.9. The Morgan fingerprint density at radius 3 is 2.18 bits per heavy atom. The average Bonchev–Trinajstić information content (AvgIpc) is 3.04. The van der Waals surface area contributed by atoms with Gasteiger partial charge in [0.25, 0.3) is 0 Å². The first-order chi connectivity index (χ1) is 23.7. The van der Waals surface area contributed by atoms with E-state index in [1.165, 1.54) is 0 Å². The largest absolute Gasteiger partial charge is 0.488 e. The van der Waals surface area contributed by atoms with Crippen molar-refractivity contribution in [1.29, 1.82) is 0 Å². The molecule has 1 amide bonds. The Morgan fingerprint density at radius 1 is 0.980 bits per heavy atom. The highest BCUT2D eigenvalue weighted by molar-refractivity contribution is 5.91. The molecule has 4 N–H and O–H groups in total. The van der Waals surface area contributed by atoms with E-state index in [4.69, 9.17) is 20.3 Å². The highest BCUT2D eigenvalue weighted by Gasteiger charge is 2.48. The predicted molar refractivity (Wildman–Crippen MR) is 157 cm³/mol. The van der Waals surface area contributed by atoms with Gasteiger partial charge in [0, 0.05) is 12.8 Å². The van der Waals surface area contributed by atoms with Gasteiger partial charge >= 0.3 is 30.6 Å². The second-order valence-electron chi connectivity index (χ2n) is 11.5. The highest BCUT2D eigenvalue weighted by atomic mass is 19.4. The van der Waals surface area contributed by atoms with Gasteiger partial charge < -0.3 is 25.4 Å². The van der Waals surface area contributed by atoms with Crippen LogP contribution >= 0.6 is 0 Å². The molecule has 0 aliphatic carbocycles. The van der Waals surface area contributed by atoms with Crippen molar-refractivity contribution < 1.29 is 68.8 Å². The molecule has 1 aliphatic rings. The first kappa shape index (κ1) is 39.1. The van der Waals surface area contributed by atoms with Crippen LogP contribution in [0.1, 0.15) is 78.1 Å². The lowest BCUT2D eigenvalue weighted by molar-refractivity contribution is -0.143. The van der Waals surface area contributed by atoms with Crippen molar-refractivity contribution in [3.05, 3.63) is 76.1 Å². The maximum atomic E-state index is 13.9. The Hall–Kier alpha value is -4.72. The van der Waals surface area contributed by atoms with E-state index in [9.17, 15) is 54.2 Å². The third-order valence-electron chi connectivity index (χ3n) is 7.85. The smallest absolute Gasteiger partial charge is 0.433 e. The number of nitrogens with two attached hydrogens (primary N) is 1. The summed E-state index contributed by atoms with van der Waals surface area (Å²) >= 11 is 0. The summed E-state index contributed by atoms with van der Waals surface area (Å²) in [6, 6.07) is 2.40. The van der Waals surface area contributed by atoms with Gasteiger partial charge in [-0.2, -0.15) is 39.5 Å². The zero-order valence-corrected chi connectivity index (χ0v) is 26.5. The number of hydrogen-bond acceptors (Lipinski definition) is 9. The molecule has 1 aromatic carbocycles. The molecular formula is C31H30F9N5O6. The first-order valence-electron chi connectivity index (χ1n) is 15.1. The van der Waals surface area contributed by atoms with E-state index in [1.807, 2.05) is 0 Å². The third-order valence-corrected chi connectivity index (χ3v) is 7.85. The fourth-order valence-corrected chi connectivity index (χ4v) is 5.40. The molecule has 1 aliphatic heterocycles. The van der Waals surface area contributed by atoms with Gasteiger partial charge in [0.1, 0.15) is 23.8 Å². The molecule has 0 spiro atoms. The molecule has 0 unspecified atom stereocenters. The molecule has 0 radical (unpaired) electrons. The Kier molecular flexibility index (Phi) is 11.4. The van der Waals surface area contributed by atoms with Crippen molar-refractivity contribution in [3.8, 4) is 5.75 Å². The van der Waals surface area contributed by atoms with Gasteiger partial charge in [-0.05, 0) is 55.2 Å². The quantitative estimate of drug-likeness (QED) is 0.150. The van der Waals surface area contributed by atoms with Gasteiger partial charge in [-0.15, -0.1) is 0 Å². The van der Waals surface area contributed by atoms with E-state index in [1.54, 1.807) is 6.92 Å². The summed E-state index contributed by atoms with van der Waals surface area (Å²) in [5.41, 5.74) is -1.08. The molecule has 20 heteroatoms. The van der Waals surface area contributed by atoms with Crippen LogP contribution < -0.4 is 15.4 Å². The molecule has 0 bridgehead atoms. The molecule has 51 heavy (non-hydrogen) atoms.